The summed E-state index contributed by atoms with van der Waals surface area (Å²) in [6.07, 6.45) is -4.91. The number of hydrogen-bond acceptors (Lipinski definition) is 6. The van der Waals surface area contributed by atoms with Gasteiger partial charge in [-0.2, -0.15) is 5.10 Å². The molecule has 0 saturated heterocycles. The van der Waals surface area contributed by atoms with E-state index in [4.69, 9.17) is 0 Å². The summed E-state index contributed by atoms with van der Waals surface area (Å²) in [6.45, 7) is 0. The lowest BCUT2D eigenvalue weighted by atomic mass is 10.1. The number of amides is 1. The maximum atomic E-state index is 12.4. The standard InChI is InChI=1S/C18H11F3N4O3S/c19-18(20,21)28-9-5-6-12-14(7-9)29-17(22-12)23-15(26)8-13-10-3-1-2-4-11(10)16(27)25-24-13/h1-7H,8H2,(H,25,27)(H,22,23,26). The van der Waals surface area contributed by atoms with Gasteiger partial charge in [-0.1, -0.05) is 29.5 Å². The van der Waals surface area contributed by atoms with Gasteiger partial charge < -0.3 is 10.1 Å². The highest BCUT2D eigenvalue weighted by Crippen LogP contribution is 2.31. The van der Waals surface area contributed by atoms with Crippen molar-refractivity contribution < 1.29 is 22.7 Å². The van der Waals surface area contributed by atoms with Gasteiger partial charge in [-0.3, -0.25) is 9.59 Å². The van der Waals surface area contributed by atoms with Gasteiger partial charge in [-0.25, -0.2) is 10.1 Å². The van der Waals surface area contributed by atoms with Crippen molar-refractivity contribution >= 4 is 43.4 Å². The van der Waals surface area contributed by atoms with Gasteiger partial charge in [-0.05, 0) is 18.2 Å². The van der Waals surface area contributed by atoms with Crippen molar-refractivity contribution in [3.63, 3.8) is 0 Å². The molecule has 0 unspecified atom stereocenters. The van der Waals surface area contributed by atoms with Gasteiger partial charge in [0.1, 0.15) is 5.75 Å². The number of aromatic nitrogens is 3. The van der Waals surface area contributed by atoms with Crippen LogP contribution in [0.2, 0.25) is 0 Å². The van der Waals surface area contributed by atoms with Crippen molar-refractivity contribution in [1.29, 1.82) is 0 Å². The fourth-order valence-corrected chi connectivity index (χ4v) is 3.69. The van der Waals surface area contributed by atoms with Crippen LogP contribution in [0, 0.1) is 0 Å². The molecule has 0 bridgehead atoms. The summed E-state index contributed by atoms with van der Waals surface area (Å²) < 4.78 is 41.3. The molecule has 2 heterocycles. The molecule has 4 rings (SSSR count). The number of ether oxygens (including phenoxy) is 1. The van der Waals surface area contributed by atoms with E-state index in [2.05, 4.69) is 25.2 Å². The highest BCUT2D eigenvalue weighted by molar-refractivity contribution is 7.22. The molecule has 7 nitrogen and oxygen atoms in total. The predicted molar refractivity (Wildman–Crippen MR) is 101 cm³/mol. The number of aromatic amines is 1. The second-order valence-corrected chi connectivity index (χ2v) is 7.00. The first kappa shape index (κ1) is 18.9. The molecular formula is C18H11F3N4O3S. The Labute approximate surface area is 164 Å². The summed E-state index contributed by atoms with van der Waals surface area (Å²) in [5.41, 5.74) is 0.458. The lowest BCUT2D eigenvalue weighted by Gasteiger charge is -2.07. The molecule has 0 fully saturated rings. The second-order valence-electron chi connectivity index (χ2n) is 5.97. The van der Waals surface area contributed by atoms with Crippen LogP contribution < -0.4 is 15.6 Å². The number of nitrogens with one attached hydrogen (secondary N) is 2. The molecule has 11 heteroatoms. The molecule has 0 radical (unpaired) electrons. The van der Waals surface area contributed by atoms with Gasteiger partial charge >= 0.3 is 6.36 Å². The number of thiazole rings is 1. The quantitative estimate of drug-likeness (QED) is 0.526. The SMILES string of the molecule is O=C(Cc1n[nH]c(=O)c2ccccc12)Nc1nc2ccc(OC(F)(F)F)cc2s1. The van der Waals surface area contributed by atoms with Crippen molar-refractivity contribution in [2.45, 2.75) is 12.8 Å². The van der Waals surface area contributed by atoms with E-state index in [1.165, 1.54) is 12.1 Å². The molecule has 0 aliphatic rings. The first-order valence-corrected chi connectivity index (χ1v) is 9.03. The fraction of sp³-hybridized carbons (Fsp3) is 0.111. The second kappa shape index (κ2) is 7.17. The molecule has 0 aliphatic heterocycles. The minimum Gasteiger partial charge on any atom is -0.406 e. The number of hydrogen-bond donors (Lipinski definition) is 2. The van der Waals surface area contributed by atoms with E-state index in [9.17, 15) is 22.8 Å². The highest BCUT2D eigenvalue weighted by Gasteiger charge is 2.31. The average Bonchev–Trinajstić information content (AvgIpc) is 3.04. The largest absolute Gasteiger partial charge is 0.573 e. The van der Waals surface area contributed by atoms with E-state index in [-0.39, 0.29) is 22.9 Å². The summed E-state index contributed by atoms with van der Waals surface area (Å²) in [5, 5.41) is 10.1. The van der Waals surface area contributed by atoms with Crippen LogP contribution in [-0.4, -0.2) is 27.5 Å². The van der Waals surface area contributed by atoms with Gasteiger partial charge in [0, 0.05) is 11.5 Å². The number of benzene rings is 2. The maximum absolute atomic E-state index is 12.4. The number of fused-ring (bicyclic) bond motifs is 2. The third-order valence-corrected chi connectivity index (χ3v) is 4.88. The minimum atomic E-state index is -4.79. The number of carbonyl (C=O) groups excluding carboxylic acids is 1. The number of nitrogens with zero attached hydrogens (tertiary/aromatic N) is 2. The monoisotopic (exact) mass is 420 g/mol. The highest BCUT2D eigenvalue weighted by atomic mass is 32.1. The molecule has 1 amide bonds. The Hall–Kier alpha value is -3.47. The van der Waals surface area contributed by atoms with Gasteiger partial charge in [-0.15, -0.1) is 13.2 Å². The molecule has 2 N–H and O–H groups in total. The first-order chi connectivity index (χ1) is 13.8. The van der Waals surface area contributed by atoms with Crippen LogP contribution in [-0.2, 0) is 11.2 Å². The molecule has 4 aromatic rings. The van der Waals surface area contributed by atoms with E-state index in [1.54, 1.807) is 24.3 Å². The van der Waals surface area contributed by atoms with E-state index >= 15 is 0 Å². The summed E-state index contributed by atoms with van der Waals surface area (Å²) in [4.78, 5) is 28.4. The van der Waals surface area contributed by atoms with Crippen molar-refractivity contribution in [2.75, 3.05) is 5.32 Å². The van der Waals surface area contributed by atoms with E-state index in [0.717, 1.165) is 17.4 Å². The Morgan fingerprint density at radius 2 is 1.93 bits per heavy atom. The molecule has 2 aromatic heterocycles. The molecule has 0 saturated carbocycles. The zero-order valence-electron chi connectivity index (χ0n) is 14.4. The molecule has 29 heavy (non-hydrogen) atoms. The molecule has 2 aromatic carbocycles. The molecule has 0 spiro atoms. The van der Waals surface area contributed by atoms with Crippen molar-refractivity contribution in [1.82, 2.24) is 15.2 Å². The normalized spacial score (nSPS) is 11.7. The predicted octanol–water partition coefficient (Wildman–Crippen LogP) is 3.61. The fourth-order valence-electron chi connectivity index (χ4n) is 2.78. The van der Waals surface area contributed by atoms with Crippen LogP contribution in [0.3, 0.4) is 0 Å². The minimum absolute atomic E-state index is 0.115. The van der Waals surface area contributed by atoms with E-state index < -0.39 is 12.3 Å². The summed E-state index contributed by atoms with van der Waals surface area (Å²) in [7, 11) is 0. The van der Waals surface area contributed by atoms with Crippen LogP contribution in [0.4, 0.5) is 18.3 Å². The van der Waals surface area contributed by atoms with Gasteiger partial charge in [0.25, 0.3) is 5.56 Å². The van der Waals surface area contributed by atoms with Crippen LogP contribution in [0.15, 0.2) is 47.3 Å². The maximum Gasteiger partial charge on any atom is 0.573 e. The zero-order valence-corrected chi connectivity index (χ0v) is 15.2. The first-order valence-electron chi connectivity index (χ1n) is 8.21. The molecule has 0 aliphatic carbocycles. The van der Waals surface area contributed by atoms with E-state index in [0.29, 0.717) is 26.7 Å². The zero-order chi connectivity index (χ0) is 20.6. The Balaban J connectivity index is 1.54. The van der Waals surface area contributed by atoms with Crippen molar-refractivity contribution in [2.24, 2.45) is 0 Å². The summed E-state index contributed by atoms with van der Waals surface area (Å²) >= 11 is 1.01. The van der Waals surface area contributed by atoms with Gasteiger partial charge in [0.05, 0.1) is 27.7 Å². The average molecular weight is 420 g/mol. The number of carbonyl (C=O) groups is 1. The number of halogens is 3. The summed E-state index contributed by atoms with van der Waals surface area (Å²) in [6, 6.07) is 10.5. The lowest BCUT2D eigenvalue weighted by molar-refractivity contribution is -0.274. The van der Waals surface area contributed by atoms with Crippen molar-refractivity contribution in [3.8, 4) is 5.75 Å². The lowest BCUT2D eigenvalue weighted by Crippen LogP contribution is -2.18. The number of rotatable bonds is 4. The van der Waals surface area contributed by atoms with Crippen LogP contribution >= 0.6 is 11.3 Å². The smallest absolute Gasteiger partial charge is 0.406 e. The third-order valence-electron chi connectivity index (χ3n) is 3.94. The number of anilines is 1. The molecule has 0 atom stereocenters. The Kier molecular flexibility index (Phi) is 4.66. The molecule has 148 valence electrons. The third kappa shape index (κ3) is 4.19. The van der Waals surface area contributed by atoms with E-state index in [1.807, 2.05) is 0 Å². The summed E-state index contributed by atoms with van der Waals surface area (Å²) in [5.74, 6) is -0.795. The number of alkyl halides is 3. The van der Waals surface area contributed by atoms with Crippen LogP contribution in [0.25, 0.3) is 21.0 Å². The Morgan fingerprint density at radius 1 is 1.17 bits per heavy atom. The van der Waals surface area contributed by atoms with Crippen molar-refractivity contribution in [3.05, 3.63) is 58.5 Å². The Bertz CT molecular complexity index is 1280. The topological polar surface area (TPSA) is 97.0 Å². The van der Waals surface area contributed by atoms with Gasteiger partial charge in [0.2, 0.25) is 5.91 Å². The van der Waals surface area contributed by atoms with Crippen LogP contribution in [0.5, 0.6) is 5.75 Å². The van der Waals surface area contributed by atoms with Gasteiger partial charge in [0.15, 0.2) is 5.13 Å². The Morgan fingerprint density at radius 3 is 2.69 bits per heavy atom. The number of H-pyrrole nitrogens is 1. The van der Waals surface area contributed by atoms with Crippen LogP contribution in [0.1, 0.15) is 5.69 Å². The molecular weight excluding hydrogens is 409 g/mol.